The Morgan fingerprint density at radius 1 is 1.22 bits per heavy atom. The SMILES string of the molecule is Cc1ccc(-c2ncc(C(N)=O)nc2-c2ccc(=O)n(C)c2)o1. The van der Waals surface area contributed by atoms with E-state index in [9.17, 15) is 9.59 Å². The van der Waals surface area contributed by atoms with Crippen molar-refractivity contribution in [1.29, 1.82) is 0 Å². The van der Waals surface area contributed by atoms with Crippen molar-refractivity contribution in [2.75, 3.05) is 0 Å². The number of hydrogen-bond acceptors (Lipinski definition) is 5. The molecule has 0 bridgehead atoms. The van der Waals surface area contributed by atoms with Crippen molar-refractivity contribution in [2.24, 2.45) is 12.8 Å². The molecule has 0 unspecified atom stereocenters. The minimum Gasteiger partial charge on any atom is -0.460 e. The smallest absolute Gasteiger partial charge is 0.268 e. The summed E-state index contributed by atoms with van der Waals surface area (Å²) < 4.78 is 7.02. The van der Waals surface area contributed by atoms with Crippen LogP contribution in [0.2, 0.25) is 0 Å². The molecule has 7 nitrogen and oxygen atoms in total. The van der Waals surface area contributed by atoms with Crippen molar-refractivity contribution in [1.82, 2.24) is 14.5 Å². The number of nitrogens with zero attached hydrogens (tertiary/aromatic N) is 3. The number of hydrogen-bond donors (Lipinski definition) is 1. The van der Waals surface area contributed by atoms with E-state index in [1.54, 1.807) is 25.4 Å². The van der Waals surface area contributed by atoms with E-state index in [4.69, 9.17) is 10.2 Å². The molecular formula is C16H14N4O3. The Labute approximate surface area is 131 Å². The highest BCUT2D eigenvalue weighted by Gasteiger charge is 2.17. The Hall–Kier alpha value is -3.22. The molecule has 0 spiro atoms. The van der Waals surface area contributed by atoms with Gasteiger partial charge in [0.15, 0.2) is 5.76 Å². The third-order valence-electron chi connectivity index (χ3n) is 3.36. The lowest BCUT2D eigenvalue weighted by Gasteiger charge is -2.08. The molecule has 0 radical (unpaired) electrons. The fourth-order valence-corrected chi connectivity index (χ4v) is 2.19. The lowest BCUT2D eigenvalue weighted by molar-refractivity contribution is 0.0995. The van der Waals surface area contributed by atoms with Crippen LogP contribution in [0.5, 0.6) is 0 Å². The monoisotopic (exact) mass is 310 g/mol. The maximum absolute atomic E-state index is 11.6. The lowest BCUT2D eigenvalue weighted by atomic mass is 10.1. The van der Waals surface area contributed by atoms with Crippen molar-refractivity contribution in [2.45, 2.75) is 6.92 Å². The van der Waals surface area contributed by atoms with Crippen LogP contribution in [0, 0.1) is 6.92 Å². The summed E-state index contributed by atoms with van der Waals surface area (Å²) in [5, 5.41) is 0. The number of carbonyl (C=O) groups is 1. The predicted molar refractivity (Wildman–Crippen MR) is 83.7 cm³/mol. The van der Waals surface area contributed by atoms with Gasteiger partial charge in [0.2, 0.25) is 5.56 Å². The van der Waals surface area contributed by atoms with E-state index < -0.39 is 5.91 Å². The van der Waals surface area contributed by atoms with Crippen LogP contribution in [-0.4, -0.2) is 20.4 Å². The Kier molecular flexibility index (Phi) is 3.53. The number of carbonyl (C=O) groups excluding carboxylic acids is 1. The zero-order chi connectivity index (χ0) is 16.6. The zero-order valence-corrected chi connectivity index (χ0v) is 12.6. The molecule has 3 heterocycles. The third kappa shape index (κ3) is 2.76. The van der Waals surface area contributed by atoms with Crippen LogP contribution in [0.1, 0.15) is 16.2 Å². The van der Waals surface area contributed by atoms with Crippen molar-refractivity contribution < 1.29 is 9.21 Å². The molecule has 0 saturated carbocycles. The Bertz CT molecular complexity index is 956. The molecule has 3 rings (SSSR count). The first-order chi connectivity index (χ1) is 11.0. The molecule has 0 saturated heterocycles. The van der Waals surface area contributed by atoms with Gasteiger partial charge in [-0.2, -0.15) is 0 Å². The van der Waals surface area contributed by atoms with Crippen molar-refractivity contribution in [3.8, 4) is 22.7 Å². The van der Waals surface area contributed by atoms with Gasteiger partial charge in [0, 0.05) is 24.9 Å². The topological polar surface area (TPSA) is 104 Å². The van der Waals surface area contributed by atoms with Crippen LogP contribution in [0.4, 0.5) is 0 Å². The number of rotatable bonds is 3. The molecule has 7 heteroatoms. The highest BCUT2D eigenvalue weighted by molar-refractivity contribution is 5.91. The van der Waals surface area contributed by atoms with Crippen LogP contribution < -0.4 is 11.3 Å². The van der Waals surface area contributed by atoms with E-state index in [-0.39, 0.29) is 11.3 Å². The van der Waals surface area contributed by atoms with Crippen LogP contribution in [0.25, 0.3) is 22.7 Å². The van der Waals surface area contributed by atoms with E-state index in [0.717, 1.165) is 5.76 Å². The quantitative estimate of drug-likeness (QED) is 0.789. The Morgan fingerprint density at radius 2 is 2.00 bits per heavy atom. The van der Waals surface area contributed by atoms with Gasteiger partial charge < -0.3 is 14.7 Å². The molecule has 0 aliphatic carbocycles. The lowest BCUT2D eigenvalue weighted by Crippen LogP contribution is -2.16. The van der Waals surface area contributed by atoms with E-state index in [2.05, 4.69) is 9.97 Å². The zero-order valence-electron chi connectivity index (χ0n) is 12.6. The number of aryl methyl sites for hydroxylation is 2. The number of nitrogens with two attached hydrogens (primary N) is 1. The summed E-state index contributed by atoms with van der Waals surface area (Å²) >= 11 is 0. The second kappa shape index (κ2) is 5.53. The molecule has 2 N–H and O–H groups in total. The molecule has 3 aromatic rings. The molecule has 0 aliphatic heterocycles. The maximum Gasteiger partial charge on any atom is 0.268 e. The van der Waals surface area contributed by atoms with Crippen LogP contribution in [0.3, 0.4) is 0 Å². The fourth-order valence-electron chi connectivity index (χ4n) is 2.19. The normalized spacial score (nSPS) is 10.7. The highest BCUT2D eigenvalue weighted by atomic mass is 16.3. The maximum atomic E-state index is 11.6. The number of aromatic nitrogens is 3. The van der Waals surface area contributed by atoms with Gasteiger partial charge in [-0.15, -0.1) is 0 Å². The standard InChI is InChI=1S/C16H14N4O3/c1-9-3-5-12(23-9)15-14(19-11(7-18-15)16(17)22)10-4-6-13(21)20(2)8-10/h3-8H,1-2H3,(H2,17,22). The minimum absolute atomic E-state index is 0.0425. The molecule has 1 amide bonds. The molecular weight excluding hydrogens is 296 g/mol. The molecule has 23 heavy (non-hydrogen) atoms. The Balaban J connectivity index is 2.26. The van der Waals surface area contributed by atoms with Crippen LogP contribution >= 0.6 is 0 Å². The molecule has 116 valence electrons. The number of primary amides is 1. The summed E-state index contributed by atoms with van der Waals surface area (Å²) in [7, 11) is 1.63. The number of pyridine rings is 1. The largest absolute Gasteiger partial charge is 0.460 e. The Morgan fingerprint density at radius 3 is 2.61 bits per heavy atom. The highest BCUT2D eigenvalue weighted by Crippen LogP contribution is 2.29. The first-order valence-electron chi connectivity index (χ1n) is 6.86. The molecule has 0 fully saturated rings. The van der Waals surface area contributed by atoms with Crippen LogP contribution in [-0.2, 0) is 7.05 Å². The van der Waals surface area contributed by atoms with E-state index in [1.807, 2.05) is 13.0 Å². The number of furan rings is 1. The summed E-state index contributed by atoms with van der Waals surface area (Å²) in [5.41, 5.74) is 6.71. The summed E-state index contributed by atoms with van der Waals surface area (Å²) in [6.45, 7) is 1.82. The van der Waals surface area contributed by atoms with Gasteiger partial charge in [-0.05, 0) is 25.1 Å². The van der Waals surface area contributed by atoms with Crippen molar-refractivity contribution >= 4 is 5.91 Å². The first kappa shape index (κ1) is 14.7. The van der Waals surface area contributed by atoms with E-state index >= 15 is 0 Å². The van der Waals surface area contributed by atoms with E-state index in [0.29, 0.717) is 22.7 Å². The van der Waals surface area contributed by atoms with E-state index in [1.165, 1.54) is 16.8 Å². The molecule has 0 aliphatic rings. The van der Waals surface area contributed by atoms with Crippen molar-refractivity contribution in [3.63, 3.8) is 0 Å². The summed E-state index contributed by atoms with van der Waals surface area (Å²) in [5.74, 6) is 0.577. The van der Waals surface area contributed by atoms with Gasteiger partial charge in [0.25, 0.3) is 5.91 Å². The van der Waals surface area contributed by atoms with Gasteiger partial charge in [0.1, 0.15) is 22.8 Å². The summed E-state index contributed by atoms with van der Waals surface area (Å²) in [6, 6.07) is 6.62. The second-order valence-corrected chi connectivity index (χ2v) is 5.09. The first-order valence-corrected chi connectivity index (χ1v) is 6.86. The van der Waals surface area contributed by atoms with Gasteiger partial charge in [0.05, 0.1) is 6.20 Å². The van der Waals surface area contributed by atoms with Gasteiger partial charge in [-0.1, -0.05) is 0 Å². The molecule has 3 aromatic heterocycles. The second-order valence-electron chi connectivity index (χ2n) is 5.09. The fraction of sp³-hybridized carbons (Fsp3) is 0.125. The summed E-state index contributed by atoms with van der Waals surface area (Å²) in [4.78, 5) is 31.5. The van der Waals surface area contributed by atoms with Gasteiger partial charge in [-0.25, -0.2) is 9.97 Å². The molecule has 0 aromatic carbocycles. The van der Waals surface area contributed by atoms with Gasteiger partial charge >= 0.3 is 0 Å². The van der Waals surface area contributed by atoms with Crippen LogP contribution in [0.15, 0.2) is 45.9 Å². The summed E-state index contributed by atoms with van der Waals surface area (Å²) in [6.07, 6.45) is 2.93. The molecule has 0 atom stereocenters. The van der Waals surface area contributed by atoms with Gasteiger partial charge in [-0.3, -0.25) is 9.59 Å². The third-order valence-corrected chi connectivity index (χ3v) is 3.36. The average molecular weight is 310 g/mol. The number of amides is 1. The minimum atomic E-state index is -0.675. The predicted octanol–water partition coefficient (Wildman–Crippen LogP) is 1.51. The van der Waals surface area contributed by atoms with Crippen molar-refractivity contribution in [3.05, 3.63) is 58.5 Å². The average Bonchev–Trinajstić information content (AvgIpc) is 2.96.